The lowest BCUT2D eigenvalue weighted by molar-refractivity contribution is 0.504. The van der Waals surface area contributed by atoms with Crippen LogP contribution in [-0.4, -0.2) is 0 Å². The van der Waals surface area contributed by atoms with Gasteiger partial charge in [-0.15, -0.1) is 0 Å². The quantitative estimate of drug-likeness (QED) is 0.462. The SMILES string of the molecule is N#CC1=Cc2c(oc3ccccc3c2=O)C(Cc2ccccc2)c2ccccc21. The zero-order chi connectivity index (χ0) is 19.8. The van der Waals surface area contributed by atoms with E-state index in [9.17, 15) is 10.1 Å². The molecular formula is C26H17NO2. The zero-order valence-corrected chi connectivity index (χ0v) is 15.6. The first kappa shape index (κ1) is 17.2. The van der Waals surface area contributed by atoms with Gasteiger partial charge in [0, 0.05) is 5.92 Å². The van der Waals surface area contributed by atoms with Crippen molar-refractivity contribution in [3.05, 3.63) is 117 Å². The van der Waals surface area contributed by atoms with Gasteiger partial charge in [0.15, 0.2) is 5.43 Å². The van der Waals surface area contributed by atoms with Gasteiger partial charge in [0.1, 0.15) is 11.3 Å². The Morgan fingerprint density at radius 3 is 2.45 bits per heavy atom. The molecule has 0 fully saturated rings. The van der Waals surface area contributed by atoms with Crippen LogP contribution >= 0.6 is 0 Å². The summed E-state index contributed by atoms with van der Waals surface area (Å²) in [5, 5.41) is 10.3. The fraction of sp³-hybridized carbons (Fsp3) is 0.0769. The summed E-state index contributed by atoms with van der Waals surface area (Å²) in [5.74, 6) is 0.457. The van der Waals surface area contributed by atoms with Crippen LogP contribution in [0.1, 0.15) is 33.9 Å². The largest absolute Gasteiger partial charge is 0.460 e. The van der Waals surface area contributed by atoms with Gasteiger partial charge in [-0.1, -0.05) is 66.7 Å². The molecule has 1 aliphatic carbocycles. The Bertz CT molecular complexity index is 1360. The third-order valence-corrected chi connectivity index (χ3v) is 5.50. The van der Waals surface area contributed by atoms with Gasteiger partial charge in [0.05, 0.1) is 22.6 Å². The summed E-state index contributed by atoms with van der Waals surface area (Å²) in [5.41, 5.74) is 4.43. The second-order valence-electron chi connectivity index (χ2n) is 7.20. The van der Waals surface area contributed by atoms with Crippen LogP contribution < -0.4 is 5.43 Å². The maximum atomic E-state index is 13.3. The average Bonchev–Trinajstić information content (AvgIpc) is 2.90. The Balaban J connectivity index is 1.85. The van der Waals surface area contributed by atoms with E-state index in [0.717, 1.165) is 16.7 Å². The first-order valence-corrected chi connectivity index (χ1v) is 9.57. The minimum absolute atomic E-state index is 0.0968. The van der Waals surface area contributed by atoms with E-state index in [2.05, 4.69) is 18.2 Å². The molecule has 0 radical (unpaired) electrons. The van der Waals surface area contributed by atoms with Crippen molar-refractivity contribution in [2.24, 2.45) is 0 Å². The average molecular weight is 375 g/mol. The molecular weight excluding hydrogens is 358 g/mol. The van der Waals surface area contributed by atoms with Crippen molar-refractivity contribution in [1.29, 1.82) is 5.26 Å². The molecule has 1 atom stereocenters. The normalized spacial score (nSPS) is 15.0. The summed E-state index contributed by atoms with van der Waals surface area (Å²) in [7, 11) is 0. The van der Waals surface area contributed by atoms with Gasteiger partial charge < -0.3 is 4.42 Å². The molecule has 1 aliphatic rings. The number of nitriles is 1. The first-order chi connectivity index (χ1) is 14.3. The fourth-order valence-corrected chi connectivity index (χ4v) is 4.12. The molecule has 0 bridgehead atoms. The van der Waals surface area contributed by atoms with Crippen molar-refractivity contribution in [2.45, 2.75) is 12.3 Å². The lowest BCUT2D eigenvalue weighted by Gasteiger charge is -2.19. The van der Waals surface area contributed by atoms with Crippen LogP contribution in [0.15, 0.2) is 88.1 Å². The van der Waals surface area contributed by atoms with E-state index in [1.165, 1.54) is 0 Å². The summed E-state index contributed by atoms with van der Waals surface area (Å²) < 4.78 is 6.33. The Labute approximate surface area is 168 Å². The van der Waals surface area contributed by atoms with Gasteiger partial charge in [0.25, 0.3) is 0 Å². The molecule has 1 aromatic heterocycles. The standard InChI is InChI=1S/C26H17NO2/c27-16-18-15-23-25(28)21-12-6-7-13-24(21)29-26(23)22(14-17-8-2-1-3-9-17)20-11-5-4-10-19(18)20/h1-13,15,22H,14H2. The highest BCUT2D eigenvalue weighted by molar-refractivity contribution is 5.94. The van der Waals surface area contributed by atoms with Crippen LogP contribution in [0.3, 0.4) is 0 Å². The molecule has 3 nitrogen and oxygen atoms in total. The van der Waals surface area contributed by atoms with Crippen molar-refractivity contribution in [1.82, 2.24) is 0 Å². The van der Waals surface area contributed by atoms with Crippen LogP contribution in [0.25, 0.3) is 22.6 Å². The van der Waals surface area contributed by atoms with Crippen LogP contribution in [-0.2, 0) is 6.42 Å². The number of allylic oxidation sites excluding steroid dienone is 1. The van der Waals surface area contributed by atoms with Gasteiger partial charge in [-0.3, -0.25) is 4.79 Å². The third-order valence-electron chi connectivity index (χ3n) is 5.50. The van der Waals surface area contributed by atoms with Gasteiger partial charge in [-0.25, -0.2) is 0 Å². The Kier molecular flexibility index (Phi) is 4.11. The summed E-state index contributed by atoms with van der Waals surface area (Å²) in [6.45, 7) is 0. The maximum Gasteiger partial charge on any atom is 0.200 e. The van der Waals surface area contributed by atoms with E-state index in [-0.39, 0.29) is 11.3 Å². The smallest absolute Gasteiger partial charge is 0.200 e. The summed E-state index contributed by atoms with van der Waals surface area (Å²) >= 11 is 0. The molecule has 3 heteroatoms. The molecule has 0 aliphatic heterocycles. The number of para-hydroxylation sites is 1. The van der Waals surface area contributed by atoms with E-state index >= 15 is 0 Å². The molecule has 29 heavy (non-hydrogen) atoms. The molecule has 138 valence electrons. The molecule has 3 aromatic carbocycles. The number of fused-ring (bicyclic) bond motifs is 3. The topological polar surface area (TPSA) is 54.0 Å². The van der Waals surface area contributed by atoms with E-state index in [1.54, 1.807) is 12.1 Å². The van der Waals surface area contributed by atoms with E-state index in [0.29, 0.717) is 34.3 Å². The molecule has 0 spiro atoms. The highest BCUT2D eigenvalue weighted by Crippen LogP contribution is 2.39. The minimum atomic E-state index is -0.164. The minimum Gasteiger partial charge on any atom is -0.460 e. The zero-order valence-electron chi connectivity index (χ0n) is 15.6. The second kappa shape index (κ2) is 6.92. The van der Waals surface area contributed by atoms with E-state index in [1.807, 2.05) is 60.7 Å². The molecule has 0 N–H and O–H groups in total. The highest BCUT2D eigenvalue weighted by Gasteiger charge is 2.29. The van der Waals surface area contributed by atoms with Crippen molar-refractivity contribution in [3.63, 3.8) is 0 Å². The maximum absolute atomic E-state index is 13.3. The van der Waals surface area contributed by atoms with Crippen LogP contribution in [0.5, 0.6) is 0 Å². The summed E-state index contributed by atoms with van der Waals surface area (Å²) in [6.07, 6.45) is 2.37. The van der Waals surface area contributed by atoms with Crippen molar-refractivity contribution < 1.29 is 4.42 Å². The second-order valence-corrected chi connectivity index (χ2v) is 7.20. The summed E-state index contributed by atoms with van der Waals surface area (Å²) in [6, 6.07) is 27.6. The monoisotopic (exact) mass is 375 g/mol. The van der Waals surface area contributed by atoms with Gasteiger partial charge in [0.2, 0.25) is 0 Å². The first-order valence-electron chi connectivity index (χ1n) is 9.57. The fourth-order valence-electron chi connectivity index (χ4n) is 4.12. The molecule has 1 unspecified atom stereocenters. The van der Waals surface area contributed by atoms with Crippen LogP contribution in [0.2, 0.25) is 0 Å². The van der Waals surface area contributed by atoms with Crippen LogP contribution in [0.4, 0.5) is 0 Å². The number of hydrogen-bond acceptors (Lipinski definition) is 3. The predicted molar refractivity (Wildman–Crippen MR) is 114 cm³/mol. The molecule has 0 saturated carbocycles. The van der Waals surface area contributed by atoms with Crippen LogP contribution in [0, 0.1) is 11.3 Å². The predicted octanol–water partition coefficient (Wildman–Crippen LogP) is 5.55. The molecule has 5 rings (SSSR count). The number of benzene rings is 3. The molecule has 1 heterocycles. The van der Waals surface area contributed by atoms with Crippen molar-refractivity contribution >= 4 is 22.6 Å². The van der Waals surface area contributed by atoms with E-state index < -0.39 is 0 Å². The number of hydrogen-bond donors (Lipinski definition) is 0. The lowest BCUT2D eigenvalue weighted by atomic mass is 9.86. The van der Waals surface area contributed by atoms with Crippen molar-refractivity contribution in [2.75, 3.05) is 0 Å². The Hall–Kier alpha value is -3.90. The van der Waals surface area contributed by atoms with Crippen molar-refractivity contribution in [3.8, 4) is 6.07 Å². The van der Waals surface area contributed by atoms with Gasteiger partial charge >= 0.3 is 0 Å². The molecule has 4 aromatic rings. The Morgan fingerprint density at radius 1 is 0.897 bits per heavy atom. The molecule has 0 saturated heterocycles. The lowest BCUT2D eigenvalue weighted by Crippen LogP contribution is -2.14. The Morgan fingerprint density at radius 2 is 1.62 bits per heavy atom. The third kappa shape index (κ3) is 2.86. The summed E-state index contributed by atoms with van der Waals surface area (Å²) in [4.78, 5) is 13.3. The molecule has 0 amide bonds. The number of rotatable bonds is 2. The van der Waals surface area contributed by atoms with E-state index in [4.69, 9.17) is 4.42 Å². The number of nitrogens with zero attached hydrogens (tertiary/aromatic N) is 1. The van der Waals surface area contributed by atoms with Gasteiger partial charge in [-0.05, 0) is 41.3 Å². The highest BCUT2D eigenvalue weighted by atomic mass is 16.3. The van der Waals surface area contributed by atoms with Gasteiger partial charge in [-0.2, -0.15) is 5.26 Å².